The molecule has 94 valence electrons. The van der Waals surface area contributed by atoms with E-state index in [1.807, 2.05) is 0 Å². The Kier molecular flexibility index (Phi) is 2.91. The molecule has 1 aliphatic rings. The second kappa shape index (κ2) is 3.99. The molecule has 0 spiro atoms. The summed E-state index contributed by atoms with van der Waals surface area (Å²) in [5, 5.41) is 0. The number of nitrogens with two attached hydrogens (primary N) is 1. The highest BCUT2D eigenvalue weighted by molar-refractivity contribution is 7.89. The van der Waals surface area contributed by atoms with Gasteiger partial charge in [-0.15, -0.1) is 0 Å². The van der Waals surface area contributed by atoms with E-state index in [1.165, 1.54) is 4.31 Å². The molecule has 1 fully saturated rings. The van der Waals surface area contributed by atoms with Crippen molar-refractivity contribution in [2.24, 2.45) is 0 Å². The van der Waals surface area contributed by atoms with Crippen LogP contribution >= 0.6 is 0 Å². The molecule has 0 atom stereocenters. The topological polar surface area (TPSA) is 63.4 Å². The van der Waals surface area contributed by atoms with Crippen LogP contribution in [-0.4, -0.2) is 25.8 Å². The molecule has 0 aliphatic heterocycles. The van der Waals surface area contributed by atoms with Gasteiger partial charge in [-0.3, -0.25) is 0 Å². The summed E-state index contributed by atoms with van der Waals surface area (Å²) in [7, 11) is -1.76. The van der Waals surface area contributed by atoms with Crippen LogP contribution in [0.3, 0.4) is 0 Å². The van der Waals surface area contributed by atoms with Gasteiger partial charge in [-0.2, -0.15) is 4.31 Å². The highest BCUT2D eigenvalue weighted by Crippen LogP contribution is 2.33. The molecule has 1 aromatic carbocycles. The Labute approximate surface area is 102 Å². The molecule has 0 radical (unpaired) electrons. The summed E-state index contributed by atoms with van der Waals surface area (Å²) in [5.41, 5.74) is 7.73. The van der Waals surface area contributed by atoms with E-state index in [9.17, 15) is 8.42 Å². The summed E-state index contributed by atoms with van der Waals surface area (Å²) < 4.78 is 26.4. The Balaban J connectivity index is 2.56. The Hall–Kier alpha value is -1.07. The predicted octanol–water partition coefficient (Wildman–Crippen LogP) is 1.67. The number of anilines is 1. The lowest BCUT2D eigenvalue weighted by Gasteiger charge is -2.20. The first-order valence-corrected chi connectivity index (χ1v) is 7.13. The minimum Gasteiger partial charge on any atom is -0.398 e. The lowest BCUT2D eigenvalue weighted by atomic mass is 10.1. The largest absolute Gasteiger partial charge is 0.398 e. The third-order valence-electron chi connectivity index (χ3n) is 3.34. The normalized spacial score (nSPS) is 16.5. The Bertz CT molecular complexity index is 548. The van der Waals surface area contributed by atoms with Gasteiger partial charge in [-0.1, -0.05) is 6.07 Å². The molecule has 5 heteroatoms. The first-order valence-electron chi connectivity index (χ1n) is 5.69. The van der Waals surface area contributed by atoms with Crippen molar-refractivity contribution in [1.29, 1.82) is 0 Å². The molecule has 4 nitrogen and oxygen atoms in total. The van der Waals surface area contributed by atoms with Gasteiger partial charge in [0, 0.05) is 18.8 Å². The number of hydrogen-bond donors (Lipinski definition) is 1. The second-order valence-electron chi connectivity index (χ2n) is 4.68. The van der Waals surface area contributed by atoms with E-state index in [2.05, 4.69) is 0 Å². The molecule has 2 rings (SSSR count). The summed E-state index contributed by atoms with van der Waals surface area (Å²) in [4.78, 5) is 0.368. The van der Waals surface area contributed by atoms with Crippen molar-refractivity contribution in [1.82, 2.24) is 4.31 Å². The minimum atomic E-state index is -3.41. The zero-order chi connectivity index (χ0) is 12.8. The van der Waals surface area contributed by atoms with Gasteiger partial charge in [0.15, 0.2) is 0 Å². The quantitative estimate of drug-likeness (QED) is 0.834. The van der Waals surface area contributed by atoms with Crippen molar-refractivity contribution < 1.29 is 8.42 Å². The number of aryl methyl sites for hydroxylation is 1. The van der Waals surface area contributed by atoms with Gasteiger partial charge in [-0.25, -0.2) is 8.42 Å². The number of nitrogens with zero attached hydrogens (tertiary/aromatic N) is 1. The highest BCUT2D eigenvalue weighted by Gasteiger charge is 2.36. The van der Waals surface area contributed by atoms with Crippen LogP contribution in [0.4, 0.5) is 5.69 Å². The van der Waals surface area contributed by atoms with E-state index in [-0.39, 0.29) is 6.04 Å². The van der Waals surface area contributed by atoms with E-state index < -0.39 is 10.0 Å². The smallest absolute Gasteiger partial charge is 0.243 e. The van der Waals surface area contributed by atoms with Gasteiger partial charge in [0.1, 0.15) is 0 Å². The van der Waals surface area contributed by atoms with Crippen LogP contribution < -0.4 is 5.73 Å². The fraction of sp³-hybridized carbons (Fsp3) is 0.500. The first-order chi connectivity index (χ1) is 7.85. The number of sulfonamides is 1. The lowest BCUT2D eigenvalue weighted by molar-refractivity contribution is 0.463. The number of benzene rings is 1. The van der Waals surface area contributed by atoms with E-state index in [0.29, 0.717) is 16.1 Å². The average molecular weight is 254 g/mol. The van der Waals surface area contributed by atoms with Crippen LogP contribution in [0.1, 0.15) is 24.0 Å². The standard InChI is InChI=1S/C12H18N2O2S/c1-8-4-7-11(13)9(2)12(8)17(15,16)14(3)10-5-6-10/h4,7,10H,5-6,13H2,1-3H3. The van der Waals surface area contributed by atoms with Crippen LogP contribution in [0, 0.1) is 13.8 Å². The van der Waals surface area contributed by atoms with Crippen LogP contribution in [0.15, 0.2) is 17.0 Å². The molecule has 0 bridgehead atoms. The molecule has 2 N–H and O–H groups in total. The molecule has 0 aromatic heterocycles. The summed E-state index contributed by atoms with van der Waals surface area (Å²) >= 11 is 0. The zero-order valence-corrected chi connectivity index (χ0v) is 11.2. The summed E-state index contributed by atoms with van der Waals surface area (Å²) in [6.07, 6.45) is 1.91. The van der Waals surface area contributed by atoms with Crippen molar-refractivity contribution in [3.05, 3.63) is 23.3 Å². The maximum atomic E-state index is 12.5. The van der Waals surface area contributed by atoms with Gasteiger partial charge < -0.3 is 5.73 Å². The van der Waals surface area contributed by atoms with Gasteiger partial charge in [-0.05, 0) is 43.9 Å². The first kappa shape index (κ1) is 12.4. The van der Waals surface area contributed by atoms with Crippen molar-refractivity contribution in [2.75, 3.05) is 12.8 Å². The molecular formula is C12H18N2O2S. The number of rotatable bonds is 3. The van der Waals surface area contributed by atoms with Crippen LogP contribution in [0.25, 0.3) is 0 Å². The minimum absolute atomic E-state index is 0.167. The maximum Gasteiger partial charge on any atom is 0.243 e. The Morgan fingerprint density at radius 1 is 1.29 bits per heavy atom. The van der Waals surface area contributed by atoms with Gasteiger partial charge in [0.2, 0.25) is 10.0 Å². The predicted molar refractivity (Wildman–Crippen MR) is 68.3 cm³/mol. The molecular weight excluding hydrogens is 236 g/mol. The summed E-state index contributed by atoms with van der Waals surface area (Å²) in [5.74, 6) is 0. The highest BCUT2D eigenvalue weighted by atomic mass is 32.2. The monoisotopic (exact) mass is 254 g/mol. The van der Waals surface area contributed by atoms with Gasteiger partial charge in [0.25, 0.3) is 0 Å². The molecule has 0 saturated heterocycles. The van der Waals surface area contributed by atoms with Gasteiger partial charge >= 0.3 is 0 Å². The van der Waals surface area contributed by atoms with Crippen molar-refractivity contribution in [3.8, 4) is 0 Å². The summed E-state index contributed by atoms with van der Waals surface area (Å²) in [6, 6.07) is 3.68. The van der Waals surface area contributed by atoms with Gasteiger partial charge in [0.05, 0.1) is 4.90 Å². The van der Waals surface area contributed by atoms with Crippen LogP contribution in [0.5, 0.6) is 0 Å². The van der Waals surface area contributed by atoms with E-state index in [1.54, 1.807) is 33.0 Å². The second-order valence-corrected chi connectivity index (χ2v) is 6.61. The van der Waals surface area contributed by atoms with E-state index in [0.717, 1.165) is 18.4 Å². The van der Waals surface area contributed by atoms with Crippen molar-refractivity contribution >= 4 is 15.7 Å². The number of nitrogen functional groups attached to an aromatic ring is 1. The molecule has 0 unspecified atom stereocenters. The van der Waals surface area contributed by atoms with Crippen LogP contribution in [-0.2, 0) is 10.0 Å². The lowest BCUT2D eigenvalue weighted by Crippen LogP contribution is -2.30. The van der Waals surface area contributed by atoms with Crippen molar-refractivity contribution in [3.63, 3.8) is 0 Å². The average Bonchev–Trinajstić information content (AvgIpc) is 3.06. The van der Waals surface area contributed by atoms with E-state index in [4.69, 9.17) is 5.73 Å². The van der Waals surface area contributed by atoms with Crippen molar-refractivity contribution in [2.45, 2.75) is 37.6 Å². The molecule has 17 heavy (non-hydrogen) atoms. The van der Waals surface area contributed by atoms with Crippen LogP contribution in [0.2, 0.25) is 0 Å². The third kappa shape index (κ3) is 2.05. The molecule has 0 amide bonds. The zero-order valence-electron chi connectivity index (χ0n) is 10.4. The molecule has 1 aliphatic carbocycles. The summed E-state index contributed by atoms with van der Waals surface area (Å²) in [6.45, 7) is 3.57. The third-order valence-corrected chi connectivity index (χ3v) is 5.54. The molecule has 0 heterocycles. The molecule has 1 saturated carbocycles. The Morgan fingerprint density at radius 2 is 1.88 bits per heavy atom. The maximum absolute atomic E-state index is 12.5. The number of hydrogen-bond acceptors (Lipinski definition) is 3. The van der Waals surface area contributed by atoms with E-state index >= 15 is 0 Å². The SMILES string of the molecule is Cc1ccc(N)c(C)c1S(=O)(=O)N(C)C1CC1. The fourth-order valence-corrected chi connectivity index (χ4v) is 3.89. The molecule has 1 aromatic rings. The fourth-order valence-electron chi connectivity index (χ4n) is 2.02. The Morgan fingerprint density at radius 3 is 2.41 bits per heavy atom.